The van der Waals surface area contributed by atoms with Crippen molar-refractivity contribution in [2.24, 2.45) is 5.10 Å². The fourth-order valence-electron chi connectivity index (χ4n) is 3.23. The molecular formula is C24H21FN4O4S2. The number of benzene rings is 3. The Hall–Kier alpha value is -3.83. The van der Waals surface area contributed by atoms with Crippen LogP contribution in [-0.4, -0.2) is 39.1 Å². The molecule has 0 saturated heterocycles. The van der Waals surface area contributed by atoms with E-state index >= 15 is 0 Å². The van der Waals surface area contributed by atoms with Crippen molar-refractivity contribution in [3.63, 3.8) is 0 Å². The minimum Gasteiger partial charge on any atom is -0.240 e. The van der Waals surface area contributed by atoms with Gasteiger partial charge in [-0.15, -0.1) is 0 Å². The Balaban J connectivity index is 1.70. The number of hydrogen-bond donors (Lipinski definition) is 1. The number of aromatic nitrogens is 2. The molecule has 1 heterocycles. The van der Waals surface area contributed by atoms with Gasteiger partial charge in [0, 0.05) is 23.6 Å². The molecule has 0 spiro atoms. The largest absolute Gasteiger partial charge is 0.276 e. The monoisotopic (exact) mass is 512 g/mol. The third-order valence-electron chi connectivity index (χ3n) is 5.10. The quantitative estimate of drug-likeness (QED) is 0.300. The van der Waals surface area contributed by atoms with Crippen LogP contribution in [0.1, 0.15) is 11.1 Å². The summed E-state index contributed by atoms with van der Waals surface area (Å²) in [6.45, 7) is 1.85. The van der Waals surface area contributed by atoms with Crippen LogP contribution in [0.5, 0.6) is 0 Å². The number of nitrogens with one attached hydrogen (secondary N) is 1. The van der Waals surface area contributed by atoms with E-state index in [1.807, 2.05) is 6.92 Å². The van der Waals surface area contributed by atoms with Gasteiger partial charge < -0.3 is 0 Å². The van der Waals surface area contributed by atoms with Crippen molar-refractivity contribution < 1.29 is 21.2 Å². The predicted molar refractivity (Wildman–Crippen MR) is 131 cm³/mol. The van der Waals surface area contributed by atoms with Crippen molar-refractivity contribution in [2.75, 3.05) is 6.26 Å². The Bertz CT molecular complexity index is 1590. The molecule has 0 aliphatic heterocycles. The Kier molecular flexibility index (Phi) is 6.55. The number of rotatable bonds is 7. The van der Waals surface area contributed by atoms with Gasteiger partial charge in [-0.2, -0.15) is 18.6 Å². The Morgan fingerprint density at radius 3 is 2.09 bits per heavy atom. The maximum Gasteiger partial charge on any atom is 0.276 e. The first-order valence-electron chi connectivity index (χ1n) is 10.3. The average Bonchev–Trinajstić information content (AvgIpc) is 3.23. The number of aryl methyl sites for hydroxylation is 1. The molecule has 0 atom stereocenters. The number of sulfonamides is 1. The summed E-state index contributed by atoms with van der Waals surface area (Å²) in [5.41, 5.74) is 2.95. The fourth-order valence-corrected chi connectivity index (χ4v) is 4.65. The molecule has 11 heteroatoms. The maximum absolute atomic E-state index is 13.4. The van der Waals surface area contributed by atoms with Crippen LogP contribution in [0.4, 0.5) is 4.39 Å². The first kappa shape index (κ1) is 24.3. The molecule has 1 aromatic heterocycles. The molecule has 0 unspecified atom stereocenters. The summed E-state index contributed by atoms with van der Waals surface area (Å²) >= 11 is 0. The van der Waals surface area contributed by atoms with E-state index in [1.165, 1.54) is 47.3 Å². The van der Waals surface area contributed by atoms with Crippen molar-refractivity contribution >= 4 is 26.1 Å². The van der Waals surface area contributed by atoms with Crippen LogP contribution in [0.2, 0.25) is 0 Å². The van der Waals surface area contributed by atoms with Gasteiger partial charge in [-0.3, -0.25) is 0 Å². The van der Waals surface area contributed by atoms with E-state index in [9.17, 15) is 21.2 Å². The van der Waals surface area contributed by atoms with Crippen molar-refractivity contribution in [1.82, 2.24) is 14.6 Å². The predicted octanol–water partition coefficient (Wildman–Crippen LogP) is 3.70. The molecule has 0 saturated carbocycles. The average molecular weight is 513 g/mol. The second-order valence-electron chi connectivity index (χ2n) is 7.82. The van der Waals surface area contributed by atoms with Gasteiger partial charge in [-0.05, 0) is 55.5 Å². The molecule has 180 valence electrons. The molecule has 0 bridgehead atoms. The summed E-state index contributed by atoms with van der Waals surface area (Å²) in [5.74, 6) is -0.398. The molecule has 8 nitrogen and oxygen atoms in total. The number of hydrazone groups is 1. The highest BCUT2D eigenvalue weighted by atomic mass is 32.2. The second-order valence-corrected chi connectivity index (χ2v) is 11.5. The highest BCUT2D eigenvalue weighted by Crippen LogP contribution is 2.24. The molecule has 1 N–H and O–H groups in total. The zero-order valence-corrected chi connectivity index (χ0v) is 20.4. The maximum atomic E-state index is 13.4. The van der Waals surface area contributed by atoms with Gasteiger partial charge in [0.1, 0.15) is 11.5 Å². The highest BCUT2D eigenvalue weighted by Gasteiger charge is 2.15. The molecule has 4 rings (SSSR count). The third-order valence-corrected chi connectivity index (χ3v) is 7.46. The smallest absolute Gasteiger partial charge is 0.240 e. The van der Waals surface area contributed by atoms with Crippen molar-refractivity contribution in [3.05, 3.63) is 95.9 Å². The normalized spacial score (nSPS) is 12.2. The first-order chi connectivity index (χ1) is 16.5. The van der Waals surface area contributed by atoms with Gasteiger partial charge in [0.25, 0.3) is 10.0 Å². The molecule has 0 aliphatic carbocycles. The van der Waals surface area contributed by atoms with Crippen molar-refractivity contribution in [2.45, 2.75) is 16.7 Å². The number of sulfone groups is 1. The van der Waals surface area contributed by atoms with Crippen LogP contribution in [-0.2, 0) is 19.9 Å². The minimum atomic E-state index is -3.88. The zero-order valence-electron chi connectivity index (χ0n) is 18.8. The standard InChI is InChI=1S/C24H21FN4O4S2/c1-17-3-11-23(12-4-17)35(32,33)28-26-15-19-16-29(21-9-7-20(25)8-10-21)27-24(19)18-5-13-22(14-6-18)34(2,30)31/h3-16,28H,1-2H3/b26-15+. The molecule has 0 fully saturated rings. The SMILES string of the molecule is Cc1ccc(S(=O)(=O)N/N=C/c2cn(-c3ccc(F)cc3)nc2-c2ccc(S(C)(=O)=O)cc2)cc1. The van der Waals surface area contributed by atoms with E-state index in [0.29, 0.717) is 22.5 Å². The molecule has 4 aromatic rings. The minimum absolute atomic E-state index is 0.0684. The lowest BCUT2D eigenvalue weighted by atomic mass is 10.1. The summed E-state index contributed by atoms with van der Waals surface area (Å²) in [7, 11) is -7.26. The summed E-state index contributed by atoms with van der Waals surface area (Å²) in [4.78, 5) is 2.40. The lowest BCUT2D eigenvalue weighted by molar-refractivity contribution is 0.584. The van der Waals surface area contributed by atoms with Crippen LogP contribution in [0.3, 0.4) is 0 Å². The van der Waals surface area contributed by atoms with E-state index in [1.54, 1.807) is 42.6 Å². The molecule has 0 radical (unpaired) electrons. The number of nitrogens with zero attached hydrogens (tertiary/aromatic N) is 3. The lowest BCUT2D eigenvalue weighted by Gasteiger charge is -2.04. The van der Waals surface area contributed by atoms with Gasteiger partial charge in [0.2, 0.25) is 0 Å². The van der Waals surface area contributed by atoms with Crippen LogP contribution in [0.15, 0.2) is 93.9 Å². The Labute approximate surface area is 202 Å². The summed E-state index contributed by atoms with van der Waals surface area (Å²) < 4.78 is 63.5. The first-order valence-corrected chi connectivity index (χ1v) is 13.7. The Morgan fingerprint density at radius 1 is 0.886 bits per heavy atom. The fraction of sp³-hybridized carbons (Fsp3) is 0.0833. The summed E-state index contributed by atoms with van der Waals surface area (Å²) in [5, 5.41) is 8.44. The zero-order chi connectivity index (χ0) is 25.2. The number of hydrogen-bond acceptors (Lipinski definition) is 6. The molecule has 3 aromatic carbocycles. The van der Waals surface area contributed by atoms with Gasteiger partial charge >= 0.3 is 0 Å². The second kappa shape index (κ2) is 9.43. The van der Waals surface area contributed by atoms with Gasteiger partial charge in [-0.25, -0.2) is 22.3 Å². The van der Waals surface area contributed by atoms with Crippen molar-refractivity contribution in [1.29, 1.82) is 0 Å². The van der Waals surface area contributed by atoms with E-state index in [4.69, 9.17) is 0 Å². The van der Waals surface area contributed by atoms with E-state index in [2.05, 4.69) is 15.0 Å². The third kappa shape index (κ3) is 5.64. The summed E-state index contributed by atoms with van der Waals surface area (Å²) in [6.07, 6.45) is 4.03. The van der Waals surface area contributed by atoms with E-state index in [-0.39, 0.29) is 9.79 Å². The van der Waals surface area contributed by atoms with Crippen LogP contribution in [0, 0.1) is 12.7 Å². The molecular weight excluding hydrogens is 491 g/mol. The van der Waals surface area contributed by atoms with Crippen LogP contribution < -0.4 is 4.83 Å². The van der Waals surface area contributed by atoms with Gasteiger partial charge in [-0.1, -0.05) is 29.8 Å². The van der Waals surface area contributed by atoms with Crippen molar-refractivity contribution in [3.8, 4) is 16.9 Å². The van der Waals surface area contributed by atoms with Gasteiger partial charge in [0.15, 0.2) is 9.84 Å². The summed E-state index contributed by atoms with van der Waals surface area (Å²) in [6, 6.07) is 18.1. The van der Waals surface area contributed by atoms with E-state index in [0.717, 1.165) is 11.8 Å². The lowest BCUT2D eigenvalue weighted by Crippen LogP contribution is -2.18. The highest BCUT2D eigenvalue weighted by molar-refractivity contribution is 7.90. The van der Waals surface area contributed by atoms with Crippen LogP contribution in [0.25, 0.3) is 16.9 Å². The van der Waals surface area contributed by atoms with Crippen LogP contribution >= 0.6 is 0 Å². The molecule has 0 amide bonds. The van der Waals surface area contributed by atoms with Gasteiger partial charge in [0.05, 0.1) is 21.7 Å². The topological polar surface area (TPSA) is 110 Å². The molecule has 35 heavy (non-hydrogen) atoms. The van der Waals surface area contributed by atoms with E-state index < -0.39 is 25.7 Å². The molecule has 0 aliphatic rings. The number of halogens is 1. The Morgan fingerprint density at radius 2 is 1.49 bits per heavy atom.